The van der Waals surface area contributed by atoms with Gasteiger partial charge in [0.2, 0.25) is 0 Å². The van der Waals surface area contributed by atoms with Gasteiger partial charge in [-0.05, 0) is 38.3 Å². The first kappa shape index (κ1) is 11.4. The molecule has 0 bridgehead atoms. The Kier molecular flexibility index (Phi) is 4.04. The van der Waals surface area contributed by atoms with E-state index in [1.165, 1.54) is 51.7 Å². The number of nitrogens with one attached hydrogen (secondary N) is 1. The van der Waals surface area contributed by atoms with E-state index in [-0.39, 0.29) is 0 Å². The van der Waals surface area contributed by atoms with E-state index in [0.29, 0.717) is 0 Å². The van der Waals surface area contributed by atoms with Crippen molar-refractivity contribution in [3.63, 3.8) is 0 Å². The molecule has 0 radical (unpaired) electrons. The van der Waals surface area contributed by atoms with E-state index in [2.05, 4.69) is 24.1 Å². The average Bonchev–Trinajstić information content (AvgIpc) is 2.75. The highest BCUT2D eigenvalue weighted by atomic mass is 15.2. The van der Waals surface area contributed by atoms with Crippen LogP contribution in [0.25, 0.3) is 0 Å². The van der Waals surface area contributed by atoms with Crippen LogP contribution in [-0.2, 0) is 0 Å². The van der Waals surface area contributed by atoms with Crippen LogP contribution < -0.4 is 5.32 Å². The minimum absolute atomic E-state index is 0.820. The van der Waals surface area contributed by atoms with Crippen molar-refractivity contribution in [1.82, 2.24) is 10.2 Å². The third-order valence-corrected chi connectivity index (χ3v) is 4.36. The van der Waals surface area contributed by atoms with Crippen molar-refractivity contribution in [2.45, 2.75) is 58.0 Å². The van der Waals surface area contributed by atoms with Crippen molar-refractivity contribution < 1.29 is 0 Å². The summed E-state index contributed by atoms with van der Waals surface area (Å²) in [5, 5.41) is 3.50. The summed E-state index contributed by atoms with van der Waals surface area (Å²) >= 11 is 0. The molecule has 15 heavy (non-hydrogen) atoms. The predicted octanol–water partition coefficient (Wildman–Crippen LogP) is 2.25. The Morgan fingerprint density at radius 1 is 1.20 bits per heavy atom. The molecule has 3 atom stereocenters. The number of hydrogen-bond acceptors (Lipinski definition) is 2. The fraction of sp³-hybridized carbons (Fsp3) is 1.00. The molecule has 0 aromatic carbocycles. The summed E-state index contributed by atoms with van der Waals surface area (Å²) in [5.74, 6) is 0.916. The third-order valence-electron chi connectivity index (χ3n) is 4.36. The Labute approximate surface area is 94.4 Å². The summed E-state index contributed by atoms with van der Waals surface area (Å²) in [6.07, 6.45) is 7.15. The smallest absolute Gasteiger partial charge is 0.0235 e. The van der Waals surface area contributed by atoms with E-state index < -0.39 is 0 Å². The number of nitrogens with zero attached hydrogens (tertiary/aromatic N) is 1. The maximum Gasteiger partial charge on any atom is 0.0235 e. The fourth-order valence-corrected chi connectivity index (χ4v) is 3.48. The summed E-state index contributed by atoms with van der Waals surface area (Å²) in [7, 11) is 0. The molecule has 2 heteroatoms. The Morgan fingerprint density at radius 3 is 2.60 bits per heavy atom. The van der Waals surface area contributed by atoms with E-state index in [4.69, 9.17) is 0 Å². The highest BCUT2D eigenvalue weighted by Crippen LogP contribution is 2.30. The van der Waals surface area contributed by atoms with E-state index in [9.17, 15) is 0 Å². The molecule has 0 aromatic rings. The summed E-state index contributed by atoms with van der Waals surface area (Å²) in [6.45, 7) is 8.47. The first-order valence-corrected chi connectivity index (χ1v) is 6.79. The van der Waals surface area contributed by atoms with Gasteiger partial charge in [-0.3, -0.25) is 4.90 Å². The molecule has 2 fully saturated rings. The SMILES string of the molecule is CCN(C1CCNC1)C1CCCCC1C. The number of hydrogen-bond donors (Lipinski definition) is 1. The molecule has 1 saturated heterocycles. The summed E-state index contributed by atoms with van der Waals surface area (Å²) in [6, 6.07) is 1.69. The van der Waals surface area contributed by atoms with Gasteiger partial charge in [0.25, 0.3) is 0 Å². The van der Waals surface area contributed by atoms with Crippen molar-refractivity contribution in [2.24, 2.45) is 5.92 Å². The van der Waals surface area contributed by atoms with Gasteiger partial charge in [0.05, 0.1) is 0 Å². The fourth-order valence-electron chi connectivity index (χ4n) is 3.48. The number of rotatable bonds is 3. The van der Waals surface area contributed by atoms with Gasteiger partial charge in [-0.15, -0.1) is 0 Å². The lowest BCUT2D eigenvalue weighted by Crippen LogP contribution is -2.48. The van der Waals surface area contributed by atoms with E-state index >= 15 is 0 Å². The molecular weight excluding hydrogens is 184 g/mol. The first-order chi connectivity index (χ1) is 7.33. The molecule has 1 aliphatic heterocycles. The van der Waals surface area contributed by atoms with Crippen LogP contribution in [0.5, 0.6) is 0 Å². The van der Waals surface area contributed by atoms with Crippen LogP contribution in [0.2, 0.25) is 0 Å². The Hall–Kier alpha value is -0.0800. The average molecular weight is 210 g/mol. The number of likely N-dealkylation sites (N-methyl/N-ethyl adjacent to an activating group) is 1. The molecule has 3 unspecified atom stereocenters. The van der Waals surface area contributed by atoms with Crippen LogP contribution in [0.1, 0.15) is 46.0 Å². The third kappa shape index (κ3) is 2.54. The zero-order valence-corrected chi connectivity index (χ0v) is 10.3. The first-order valence-electron chi connectivity index (χ1n) is 6.79. The van der Waals surface area contributed by atoms with E-state index in [0.717, 1.165) is 18.0 Å². The van der Waals surface area contributed by atoms with Gasteiger partial charge in [-0.2, -0.15) is 0 Å². The van der Waals surface area contributed by atoms with Crippen LogP contribution in [0.3, 0.4) is 0 Å². The van der Waals surface area contributed by atoms with Gasteiger partial charge in [0.1, 0.15) is 0 Å². The van der Waals surface area contributed by atoms with E-state index in [1.54, 1.807) is 0 Å². The highest BCUT2D eigenvalue weighted by molar-refractivity contribution is 4.88. The molecule has 1 aliphatic carbocycles. The maximum atomic E-state index is 3.50. The normalized spacial score (nSPS) is 37.4. The van der Waals surface area contributed by atoms with Crippen LogP contribution in [-0.4, -0.2) is 36.6 Å². The molecule has 0 aromatic heterocycles. The monoisotopic (exact) mass is 210 g/mol. The van der Waals surface area contributed by atoms with Gasteiger partial charge in [0.15, 0.2) is 0 Å². The minimum atomic E-state index is 0.820. The van der Waals surface area contributed by atoms with Gasteiger partial charge in [-0.25, -0.2) is 0 Å². The van der Waals surface area contributed by atoms with Crippen molar-refractivity contribution in [3.8, 4) is 0 Å². The topological polar surface area (TPSA) is 15.3 Å². The summed E-state index contributed by atoms with van der Waals surface area (Å²) in [4.78, 5) is 2.78. The Morgan fingerprint density at radius 2 is 2.00 bits per heavy atom. The van der Waals surface area contributed by atoms with Gasteiger partial charge in [0, 0.05) is 18.6 Å². The maximum absolute atomic E-state index is 3.50. The zero-order chi connectivity index (χ0) is 10.7. The molecule has 1 heterocycles. The summed E-state index contributed by atoms with van der Waals surface area (Å²) < 4.78 is 0. The molecule has 1 saturated carbocycles. The molecule has 88 valence electrons. The lowest BCUT2D eigenvalue weighted by molar-refractivity contribution is 0.0816. The lowest BCUT2D eigenvalue weighted by atomic mass is 9.84. The van der Waals surface area contributed by atoms with Gasteiger partial charge >= 0.3 is 0 Å². The van der Waals surface area contributed by atoms with Crippen LogP contribution in [0.15, 0.2) is 0 Å². The second kappa shape index (κ2) is 5.31. The minimum Gasteiger partial charge on any atom is -0.315 e. The van der Waals surface area contributed by atoms with Crippen molar-refractivity contribution in [3.05, 3.63) is 0 Å². The summed E-state index contributed by atoms with van der Waals surface area (Å²) in [5.41, 5.74) is 0. The Bertz CT molecular complexity index is 187. The van der Waals surface area contributed by atoms with E-state index in [1.807, 2.05) is 0 Å². The van der Waals surface area contributed by atoms with Crippen LogP contribution in [0.4, 0.5) is 0 Å². The molecule has 1 N–H and O–H groups in total. The van der Waals surface area contributed by atoms with Crippen LogP contribution in [0, 0.1) is 5.92 Å². The van der Waals surface area contributed by atoms with Crippen molar-refractivity contribution in [1.29, 1.82) is 0 Å². The quantitative estimate of drug-likeness (QED) is 0.768. The molecule has 0 amide bonds. The second-order valence-corrected chi connectivity index (χ2v) is 5.31. The standard InChI is InChI=1S/C13H26N2/c1-3-15(12-8-9-14-10-12)13-7-5-4-6-11(13)2/h11-14H,3-10H2,1-2H3. The largest absolute Gasteiger partial charge is 0.315 e. The molecule has 0 spiro atoms. The van der Waals surface area contributed by atoms with Gasteiger partial charge < -0.3 is 5.32 Å². The highest BCUT2D eigenvalue weighted by Gasteiger charge is 2.31. The molecular formula is C13H26N2. The van der Waals surface area contributed by atoms with Crippen LogP contribution >= 0.6 is 0 Å². The zero-order valence-electron chi connectivity index (χ0n) is 10.3. The van der Waals surface area contributed by atoms with Crippen molar-refractivity contribution >= 4 is 0 Å². The molecule has 2 aliphatic rings. The molecule has 2 nitrogen and oxygen atoms in total. The predicted molar refractivity (Wildman–Crippen MR) is 65.1 cm³/mol. The second-order valence-electron chi connectivity index (χ2n) is 5.31. The lowest BCUT2D eigenvalue weighted by Gasteiger charge is -2.41. The molecule has 2 rings (SSSR count). The van der Waals surface area contributed by atoms with Crippen molar-refractivity contribution in [2.75, 3.05) is 19.6 Å². The van der Waals surface area contributed by atoms with Gasteiger partial charge in [-0.1, -0.05) is 26.7 Å². The Balaban J connectivity index is 1.97.